The van der Waals surface area contributed by atoms with E-state index in [9.17, 15) is 14.7 Å². The van der Waals surface area contributed by atoms with E-state index in [4.69, 9.17) is 11.6 Å². The zero-order valence-corrected chi connectivity index (χ0v) is 16.4. The highest BCUT2D eigenvalue weighted by molar-refractivity contribution is 6.46. The van der Waals surface area contributed by atoms with E-state index in [0.717, 1.165) is 12.8 Å². The van der Waals surface area contributed by atoms with Crippen LogP contribution >= 0.6 is 11.6 Å². The average Bonchev–Trinajstić information content (AvgIpc) is 2.83. The van der Waals surface area contributed by atoms with E-state index in [2.05, 4.69) is 11.7 Å². The van der Waals surface area contributed by atoms with Gasteiger partial charge < -0.3 is 9.84 Å². The molecule has 0 aliphatic heterocycles. The molecular formula is C21H29ClO4. The van der Waals surface area contributed by atoms with Crippen molar-refractivity contribution in [3.63, 3.8) is 0 Å². The van der Waals surface area contributed by atoms with E-state index in [1.54, 1.807) is 12.2 Å². The Morgan fingerprint density at radius 2 is 1.96 bits per heavy atom. The van der Waals surface area contributed by atoms with Crippen molar-refractivity contribution in [1.29, 1.82) is 0 Å². The summed E-state index contributed by atoms with van der Waals surface area (Å²) in [5, 5.41) is 10.9. The van der Waals surface area contributed by atoms with Gasteiger partial charge in [-0.3, -0.25) is 9.59 Å². The van der Waals surface area contributed by atoms with Crippen LogP contribution in [-0.4, -0.2) is 29.6 Å². The molecule has 1 aliphatic carbocycles. The maximum atomic E-state index is 12.2. The molecular weight excluding hydrogens is 352 g/mol. The second-order valence-corrected chi connectivity index (χ2v) is 6.80. The Balaban J connectivity index is 2.62. The quantitative estimate of drug-likeness (QED) is 0.242. The van der Waals surface area contributed by atoms with Crippen molar-refractivity contribution < 1.29 is 19.4 Å². The smallest absolute Gasteiger partial charge is 0.305 e. The van der Waals surface area contributed by atoms with E-state index < -0.39 is 5.60 Å². The number of ketones is 1. The van der Waals surface area contributed by atoms with Gasteiger partial charge >= 0.3 is 5.97 Å². The lowest BCUT2D eigenvalue weighted by atomic mass is 9.92. The molecule has 144 valence electrons. The largest absolute Gasteiger partial charge is 0.469 e. The Morgan fingerprint density at radius 3 is 2.65 bits per heavy atom. The van der Waals surface area contributed by atoms with Crippen LogP contribution in [0, 0.1) is 0 Å². The molecule has 4 nitrogen and oxygen atoms in total. The predicted molar refractivity (Wildman–Crippen MR) is 105 cm³/mol. The van der Waals surface area contributed by atoms with Crippen molar-refractivity contribution >= 4 is 23.4 Å². The lowest BCUT2D eigenvalue weighted by Crippen LogP contribution is -2.27. The number of rotatable bonds is 11. The molecule has 1 atom stereocenters. The zero-order chi connectivity index (χ0) is 19.4. The summed E-state index contributed by atoms with van der Waals surface area (Å²) in [6.45, 7) is 2.16. The number of unbranched alkanes of at least 4 members (excludes halogenated alkanes) is 4. The van der Waals surface area contributed by atoms with Crippen molar-refractivity contribution in [3.8, 4) is 0 Å². The Kier molecular flexibility index (Phi) is 10.2. The van der Waals surface area contributed by atoms with Gasteiger partial charge in [-0.2, -0.15) is 0 Å². The van der Waals surface area contributed by atoms with Gasteiger partial charge in [0.2, 0.25) is 5.78 Å². The number of hydrogen-bond acceptors (Lipinski definition) is 4. The minimum atomic E-state index is -1.36. The number of ether oxygens (including phenoxy) is 1. The van der Waals surface area contributed by atoms with Gasteiger partial charge in [0.25, 0.3) is 0 Å². The zero-order valence-electron chi connectivity index (χ0n) is 15.7. The van der Waals surface area contributed by atoms with Crippen LogP contribution in [0.1, 0.15) is 58.3 Å². The SMILES string of the molecule is CCCCC/C=C\C[C@]1(O)C=C(Cl)C(=O)/C1=C\C=C\CCCC(=O)OC. The Labute approximate surface area is 161 Å². The number of esters is 1. The van der Waals surface area contributed by atoms with Crippen LogP contribution in [0.5, 0.6) is 0 Å². The van der Waals surface area contributed by atoms with E-state index in [1.807, 2.05) is 18.2 Å². The standard InChI is InChI=1S/C21H29ClO4/c1-3-4-5-6-9-12-15-21(25)16-18(22)20(24)17(21)13-10-7-8-11-14-19(23)26-2/h7,9-10,12-13,16,25H,3-6,8,11,14-15H2,1-2H3/b10-7+,12-9-,17-13+/t21-/m0/s1. The van der Waals surface area contributed by atoms with Crippen LogP contribution in [-0.2, 0) is 14.3 Å². The summed E-state index contributed by atoms with van der Waals surface area (Å²) in [6.07, 6.45) is 17.0. The normalized spacial score (nSPS) is 21.9. The third-order valence-corrected chi connectivity index (χ3v) is 4.52. The maximum Gasteiger partial charge on any atom is 0.305 e. The van der Waals surface area contributed by atoms with Crippen LogP contribution < -0.4 is 0 Å². The number of Topliss-reactive ketones (excluding diaryl/α,β-unsaturated/α-hetero) is 1. The first-order valence-electron chi connectivity index (χ1n) is 9.19. The van der Waals surface area contributed by atoms with Crippen LogP contribution in [0.15, 0.2) is 47.1 Å². The number of aliphatic hydroxyl groups is 1. The highest BCUT2D eigenvalue weighted by Crippen LogP contribution is 2.35. The molecule has 0 saturated carbocycles. The average molecular weight is 381 g/mol. The first-order chi connectivity index (χ1) is 12.4. The topological polar surface area (TPSA) is 63.6 Å². The highest BCUT2D eigenvalue weighted by Gasteiger charge is 2.40. The monoisotopic (exact) mass is 380 g/mol. The summed E-state index contributed by atoms with van der Waals surface area (Å²) in [5.41, 5.74) is -1.07. The number of allylic oxidation sites excluding steroid dienone is 5. The van der Waals surface area contributed by atoms with Gasteiger partial charge in [0, 0.05) is 18.4 Å². The third kappa shape index (κ3) is 7.30. The summed E-state index contributed by atoms with van der Waals surface area (Å²) in [7, 11) is 1.37. The molecule has 1 rings (SSSR count). The van der Waals surface area contributed by atoms with E-state index in [0.29, 0.717) is 25.7 Å². The molecule has 0 aromatic carbocycles. The number of carbonyl (C=O) groups is 2. The van der Waals surface area contributed by atoms with E-state index in [1.165, 1.54) is 26.0 Å². The van der Waals surface area contributed by atoms with Crippen molar-refractivity contribution in [2.45, 2.75) is 63.9 Å². The van der Waals surface area contributed by atoms with Gasteiger partial charge in [0.15, 0.2) is 0 Å². The van der Waals surface area contributed by atoms with Gasteiger partial charge in [0.1, 0.15) is 5.60 Å². The van der Waals surface area contributed by atoms with E-state index in [-0.39, 0.29) is 22.4 Å². The molecule has 0 aromatic heterocycles. The first-order valence-corrected chi connectivity index (χ1v) is 9.57. The molecule has 26 heavy (non-hydrogen) atoms. The van der Waals surface area contributed by atoms with Gasteiger partial charge in [-0.1, -0.05) is 61.7 Å². The summed E-state index contributed by atoms with van der Waals surface area (Å²) in [6, 6.07) is 0. The lowest BCUT2D eigenvalue weighted by Gasteiger charge is -2.20. The van der Waals surface area contributed by atoms with Crippen molar-refractivity contribution in [2.75, 3.05) is 7.11 Å². The summed E-state index contributed by atoms with van der Waals surface area (Å²) in [4.78, 5) is 23.2. The molecule has 0 saturated heterocycles. The van der Waals surface area contributed by atoms with Gasteiger partial charge in [-0.25, -0.2) is 0 Å². The van der Waals surface area contributed by atoms with Gasteiger partial charge in [0.05, 0.1) is 12.1 Å². The van der Waals surface area contributed by atoms with Gasteiger partial charge in [-0.15, -0.1) is 0 Å². The van der Waals surface area contributed by atoms with Crippen LogP contribution in [0.25, 0.3) is 0 Å². The van der Waals surface area contributed by atoms with Crippen molar-refractivity contribution in [3.05, 3.63) is 47.1 Å². The predicted octanol–water partition coefficient (Wildman–Crippen LogP) is 4.78. The van der Waals surface area contributed by atoms with Gasteiger partial charge in [-0.05, 0) is 31.8 Å². The molecule has 5 heteroatoms. The molecule has 0 amide bonds. The fourth-order valence-electron chi connectivity index (χ4n) is 2.69. The number of methoxy groups -OCH3 is 1. The van der Waals surface area contributed by atoms with Crippen LogP contribution in [0.2, 0.25) is 0 Å². The summed E-state index contributed by atoms with van der Waals surface area (Å²) < 4.78 is 4.58. The minimum Gasteiger partial charge on any atom is -0.469 e. The molecule has 0 aromatic rings. The first kappa shape index (κ1) is 22.4. The Bertz CT molecular complexity index is 601. The maximum absolute atomic E-state index is 12.2. The minimum absolute atomic E-state index is 0.0530. The molecule has 0 radical (unpaired) electrons. The summed E-state index contributed by atoms with van der Waals surface area (Å²) >= 11 is 5.95. The highest BCUT2D eigenvalue weighted by atomic mass is 35.5. The number of hydrogen-bond donors (Lipinski definition) is 1. The number of carbonyl (C=O) groups excluding carboxylic acids is 2. The lowest BCUT2D eigenvalue weighted by molar-refractivity contribution is -0.140. The van der Waals surface area contributed by atoms with Crippen molar-refractivity contribution in [2.24, 2.45) is 0 Å². The molecule has 0 bridgehead atoms. The molecule has 0 heterocycles. The third-order valence-electron chi connectivity index (χ3n) is 4.24. The van der Waals surface area contributed by atoms with Crippen LogP contribution in [0.3, 0.4) is 0 Å². The Morgan fingerprint density at radius 1 is 1.23 bits per heavy atom. The molecule has 1 N–H and O–H groups in total. The second-order valence-electron chi connectivity index (χ2n) is 6.39. The van der Waals surface area contributed by atoms with E-state index >= 15 is 0 Å². The van der Waals surface area contributed by atoms with Crippen LogP contribution in [0.4, 0.5) is 0 Å². The molecule has 1 aliphatic rings. The summed E-state index contributed by atoms with van der Waals surface area (Å²) in [5.74, 6) is -0.577. The number of halogens is 1. The fourth-order valence-corrected chi connectivity index (χ4v) is 2.97. The molecule has 0 unspecified atom stereocenters. The Hall–Kier alpha value is -1.65. The molecule has 0 spiro atoms. The molecule has 0 fully saturated rings. The fraction of sp³-hybridized carbons (Fsp3) is 0.524. The second kappa shape index (κ2) is 11.9. The van der Waals surface area contributed by atoms with Crippen molar-refractivity contribution in [1.82, 2.24) is 0 Å².